The minimum absolute atomic E-state index is 1.19. The van der Waals surface area contributed by atoms with Gasteiger partial charge < -0.3 is 4.98 Å². The summed E-state index contributed by atoms with van der Waals surface area (Å²) in [6, 6.07) is 2.11. The molecule has 1 aromatic heterocycles. The molecule has 67 valence electrons. The normalized spacial score (nSPS) is 10.4. The molecule has 1 heterocycles. The van der Waals surface area contributed by atoms with Gasteiger partial charge in [0.25, 0.3) is 0 Å². The van der Waals surface area contributed by atoms with Crippen LogP contribution in [-0.4, -0.2) is 4.98 Å². The first-order valence-corrected chi connectivity index (χ1v) is 4.97. The van der Waals surface area contributed by atoms with Gasteiger partial charge in [0.1, 0.15) is 0 Å². The molecule has 1 aromatic rings. The fourth-order valence-electron chi connectivity index (χ4n) is 1.38. The van der Waals surface area contributed by atoms with E-state index in [0.29, 0.717) is 0 Å². The maximum atomic E-state index is 3.10. The molecule has 0 aromatic carbocycles. The second-order valence-electron chi connectivity index (χ2n) is 3.29. The van der Waals surface area contributed by atoms with E-state index < -0.39 is 0 Å². The van der Waals surface area contributed by atoms with Crippen LogP contribution in [0.4, 0.5) is 0 Å². The summed E-state index contributed by atoms with van der Waals surface area (Å²) >= 11 is 0. The lowest BCUT2D eigenvalue weighted by atomic mass is 10.1. The van der Waals surface area contributed by atoms with E-state index in [2.05, 4.69) is 24.2 Å². The molecule has 1 nitrogen and oxygen atoms in total. The van der Waals surface area contributed by atoms with Gasteiger partial charge in [0.15, 0.2) is 0 Å². The van der Waals surface area contributed by atoms with Crippen LogP contribution >= 0.6 is 0 Å². The lowest BCUT2D eigenvalue weighted by Gasteiger charge is -1.97. The zero-order valence-electron chi connectivity index (χ0n) is 7.90. The Balaban J connectivity index is 1.96. The highest BCUT2D eigenvalue weighted by Crippen LogP contribution is 2.07. The third-order valence-corrected chi connectivity index (χ3v) is 2.15. The van der Waals surface area contributed by atoms with Gasteiger partial charge in [-0.2, -0.15) is 0 Å². The summed E-state index contributed by atoms with van der Waals surface area (Å²) in [5.41, 5.74) is 1.33. The van der Waals surface area contributed by atoms with Crippen molar-refractivity contribution in [2.45, 2.75) is 45.4 Å². The summed E-state index contributed by atoms with van der Waals surface area (Å²) in [4.78, 5) is 2.96. The molecular weight excluding hydrogens is 146 g/mol. The SMILES string of the molecule is CCCCCCCc1[c][nH]cc1. The molecule has 0 bridgehead atoms. The highest BCUT2D eigenvalue weighted by molar-refractivity contribution is 5.06. The summed E-state index contributed by atoms with van der Waals surface area (Å²) < 4.78 is 0. The smallest absolute Gasteiger partial charge is 0.0654 e. The van der Waals surface area contributed by atoms with Gasteiger partial charge in [-0.05, 0) is 24.5 Å². The van der Waals surface area contributed by atoms with Gasteiger partial charge in [-0.15, -0.1) is 0 Å². The molecule has 0 spiro atoms. The van der Waals surface area contributed by atoms with Crippen LogP contribution < -0.4 is 0 Å². The van der Waals surface area contributed by atoms with Gasteiger partial charge in [0, 0.05) is 6.20 Å². The number of unbranched alkanes of at least 4 members (excludes halogenated alkanes) is 4. The third-order valence-electron chi connectivity index (χ3n) is 2.15. The van der Waals surface area contributed by atoms with Gasteiger partial charge in [-0.1, -0.05) is 32.6 Å². The Labute approximate surface area is 75.2 Å². The van der Waals surface area contributed by atoms with E-state index in [4.69, 9.17) is 0 Å². The zero-order valence-corrected chi connectivity index (χ0v) is 7.90. The van der Waals surface area contributed by atoms with Gasteiger partial charge in [0.05, 0.1) is 6.20 Å². The Bertz CT molecular complexity index is 177. The molecule has 1 heteroatoms. The molecule has 0 atom stereocenters. The van der Waals surface area contributed by atoms with Crippen LogP contribution in [0.2, 0.25) is 0 Å². The van der Waals surface area contributed by atoms with Crippen LogP contribution in [0.25, 0.3) is 0 Å². The number of H-pyrrole nitrogens is 1. The summed E-state index contributed by atoms with van der Waals surface area (Å²) in [6.45, 7) is 2.25. The van der Waals surface area contributed by atoms with Crippen LogP contribution in [0.3, 0.4) is 0 Å². The Kier molecular flexibility index (Phi) is 4.58. The van der Waals surface area contributed by atoms with Crippen molar-refractivity contribution >= 4 is 0 Å². The summed E-state index contributed by atoms with van der Waals surface area (Å²) in [6.07, 6.45) is 13.0. The number of hydrogen-bond donors (Lipinski definition) is 1. The van der Waals surface area contributed by atoms with Crippen molar-refractivity contribution in [2.24, 2.45) is 0 Å². The predicted octanol–water partition coefficient (Wildman–Crippen LogP) is 3.33. The lowest BCUT2D eigenvalue weighted by molar-refractivity contribution is 0.632. The molecule has 0 aliphatic heterocycles. The number of rotatable bonds is 6. The highest BCUT2D eigenvalue weighted by atomic mass is 14.6. The number of aryl methyl sites for hydroxylation is 1. The fraction of sp³-hybridized carbons (Fsp3) is 0.636. The van der Waals surface area contributed by atoms with E-state index in [9.17, 15) is 0 Å². The molecule has 0 saturated carbocycles. The summed E-state index contributed by atoms with van der Waals surface area (Å²) in [7, 11) is 0. The van der Waals surface area contributed by atoms with Gasteiger partial charge in [-0.25, -0.2) is 0 Å². The van der Waals surface area contributed by atoms with Gasteiger partial charge in [0.2, 0.25) is 0 Å². The maximum Gasteiger partial charge on any atom is 0.0654 e. The molecule has 0 fully saturated rings. The first kappa shape index (κ1) is 9.37. The first-order valence-electron chi connectivity index (χ1n) is 4.97. The van der Waals surface area contributed by atoms with E-state index >= 15 is 0 Å². The molecule has 0 unspecified atom stereocenters. The van der Waals surface area contributed by atoms with Crippen molar-refractivity contribution in [2.75, 3.05) is 0 Å². The molecule has 0 saturated heterocycles. The highest BCUT2D eigenvalue weighted by Gasteiger charge is 1.93. The van der Waals surface area contributed by atoms with E-state index in [1.807, 2.05) is 6.20 Å². The topological polar surface area (TPSA) is 15.8 Å². The molecule has 0 aliphatic carbocycles. The standard InChI is InChI=1S/C11H18N/c1-2-3-4-5-6-7-11-8-9-12-10-11/h8-9,12H,2-7H2,1H3. The minimum Gasteiger partial charge on any atom is -0.360 e. The Morgan fingerprint density at radius 2 is 2.08 bits per heavy atom. The monoisotopic (exact) mass is 164 g/mol. The van der Waals surface area contributed by atoms with Crippen molar-refractivity contribution in [3.05, 3.63) is 24.0 Å². The van der Waals surface area contributed by atoms with Crippen LogP contribution in [0.5, 0.6) is 0 Å². The van der Waals surface area contributed by atoms with Crippen molar-refractivity contribution in [1.82, 2.24) is 4.98 Å². The average molecular weight is 164 g/mol. The maximum absolute atomic E-state index is 3.10. The molecule has 0 aliphatic rings. The van der Waals surface area contributed by atoms with Crippen molar-refractivity contribution < 1.29 is 0 Å². The van der Waals surface area contributed by atoms with Crippen LogP contribution in [0, 0.1) is 6.20 Å². The van der Waals surface area contributed by atoms with E-state index in [1.54, 1.807) is 0 Å². The quantitative estimate of drug-likeness (QED) is 0.621. The molecule has 12 heavy (non-hydrogen) atoms. The second kappa shape index (κ2) is 5.87. The fourth-order valence-corrected chi connectivity index (χ4v) is 1.38. The molecule has 1 rings (SSSR count). The number of hydrogen-bond acceptors (Lipinski definition) is 0. The van der Waals surface area contributed by atoms with E-state index in [0.717, 1.165) is 0 Å². The van der Waals surface area contributed by atoms with Crippen molar-refractivity contribution in [1.29, 1.82) is 0 Å². The molecule has 0 amide bonds. The zero-order chi connectivity index (χ0) is 8.65. The van der Waals surface area contributed by atoms with E-state index in [1.165, 1.54) is 44.1 Å². The molecule has 1 radical (unpaired) electrons. The van der Waals surface area contributed by atoms with Crippen LogP contribution in [-0.2, 0) is 6.42 Å². The van der Waals surface area contributed by atoms with Gasteiger partial charge in [-0.3, -0.25) is 0 Å². The van der Waals surface area contributed by atoms with Crippen molar-refractivity contribution in [3.63, 3.8) is 0 Å². The Morgan fingerprint density at radius 3 is 2.75 bits per heavy atom. The third kappa shape index (κ3) is 3.61. The van der Waals surface area contributed by atoms with Crippen LogP contribution in [0.1, 0.15) is 44.6 Å². The van der Waals surface area contributed by atoms with Gasteiger partial charge >= 0.3 is 0 Å². The predicted molar refractivity (Wildman–Crippen MR) is 52.1 cm³/mol. The summed E-state index contributed by atoms with van der Waals surface area (Å²) in [5.74, 6) is 0. The minimum atomic E-state index is 1.19. The molecular formula is C11H18N. The Hall–Kier alpha value is -0.720. The largest absolute Gasteiger partial charge is 0.360 e. The van der Waals surface area contributed by atoms with Crippen LogP contribution in [0.15, 0.2) is 12.3 Å². The van der Waals surface area contributed by atoms with Crippen molar-refractivity contribution in [3.8, 4) is 0 Å². The lowest BCUT2D eigenvalue weighted by Crippen LogP contribution is -1.83. The first-order chi connectivity index (χ1) is 5.93. The Morgan fingerprint density at radius 1 is 1.25 bits per heavy atom. The van der Waals surface area contributed by atoms with E-state index in [-0.39, 0.29) is 0 Å². The number of nitrogens with one attached hydrogen (secondary N) is 1. The summed E-state index contributed by atoms with van der Waals surface area (Å²) in [5, 5.41) is 0. The molecule has 1 N–H and O–H groups in total. The average Bonchev–Trinajstić information content (AvgIpc) is 2.57. The second-order valence-corrected chi connectivity index (χ2v) is 3.29. The number of aromatic nitrogens is 1. The number of aromatic amines is 1.